The molecular weight excluding hydrogens is 458 g/mol. The summed E-state index contributed by atoms with van der Waals surface area (Å²) in [4.78, 5) is 24.6. The van der Waals surface area contributed by atoms with Gasteiger partial charge in [0.15, 0.2) is 0 Å². The molecular formula is C24H25N3O6S. The highest BCUT2D eigenvalue weighted by atomic mass is 32.2. The summed E-state index contributed by atoms with van der Waals surface area (Å²) in [6.45, 7) is 2.13. The average molecular weight is 484 g/mol. The van der Waals surface area contributed by atoms with Gasteiger partial charge in [-0.25, -0.2) is 8.42 Å². The zero-order valence-electron chi connectivity index (χ0n) is 18.7. The first kappa shape index (κ1) is 24.6. The molecule has 0 aromatic heterocycles. The average Bonchev–Trinajstić information content (AvgIpc) is 2.84. The number of carbonyl (C=O) groups is 2. The molecule has 0 bridgehead atoms. The predicted octanol–water partition coefficient (Wildman–Crippen LogP) is 3.26. The van der Waals surface area contributed by atoms with Gasteiger partial charge < -0.3 is 20.1 Å². The molecule has 3 aromatic carbocycles. The molecule has 9 nitrogen and oxygen atoms in total. The lowest BCUT2D eigenvalue weighted by Gasteiger charge is -2.11. The van der Waals surface area contributed by atoms with E-state index in [1.807, 2.05) is 6.92 Å². The third-order valence-electron chi connectivity index (χ3n) is 4.61. The number of anilines is 2. The maximum absolute atomic E-state index is 12.7. The Morgan fingerprint density at radius 1 is 0.882 bits per heavy atom. The summed E-state index contributed by atoms with van der Waals surface area (Å²) < 4.78 is 38.3. The van der Waals surface area contributed by atoms with Crippen LogP contribution in [-0.2, 0) is 14.8 Å². The van der Waals surface area contributed by atoms with Gasteiger partial charge in [-0.2, -0.15) is 0 Å². The first-order valence-corrected chi connectivity index (χ1v) is 11.9. The Kier molecular flexibility index (Phi) is 8.10. The summed E-state index contributed by atoms with van der Waals surface area (Å²) in [5.41, 5.74) is 1.01. The molecule has 0 aliphatic rings. The molecule has 2 amide bonds. The maximum Gasteiger partial charge on any atom is 0.261 e. The normalized spacial score (nSPS) is 10.8. The Bertz CT molecular complexity index is 1240. The molecule has 0 aliphatic heterocycles. The minimum absolute atomic E-state index is 0.0881. The van der Waals surface area contributed by atoms with Gasteiger partial charge in [0, 0.05) is 16.9 Å². The SMILES string of the molecule is CCOc1ccc(NC(=O)CNC(=O)c2cccc(S(=O)(=O)Nc3ccc(OC)cc3)c2)cc1. The van der Waals surface area contributed by atoms with Gasteiger partial charge in [0.1, 0.15) is 11.5 Å². The summed E-state index contributed by atoms with van der Waals surface area (Å²) in [5, 5.41) is 5.15. The van der Waals surface area contributed by atoms with E-state index in [1.165, 1.54) is 31.4 Å². The van der Waals surface area contributed by atoms with E-state index in [1.54, 1.807) is 48.5 Å². The number of benzene rings is 3. The Balaban J connectivity index is 1.59. The molecule has 0 radical (unpaired) electrons. The van der Waals surface area contributed by atoms with Gasteiger partial charge in [0.25, 0.3) is 15.9 Å². The fourth-order valence-corrected chi connectivity index (χ4v) is 4.05. The zero-order valence-corrected chi connectivity index (χ0v) is 19.5. The van der Waals surface area contributed by atoms with Crippen LogP contribution in [-0.4, -0.2) is 40.5 Å². The summed E-state index contributed by atoms with van der Waals surface area (Å²) in [7, 11) is -2.42. The van der Waals surface area contributed by atoms with Crippen LogP contribution < -0.4 is 24.8 Å². The van der Waals surface area contributed by atoms with Gasteiger partial charge in [-0.15, -0.1) is 0 Å². The summed E-state index contributed by atoms with van der Waals surface area (Å²) in [5.74, 6) is 0.268. The zero-order chi connectivity index (χ0) is 24.6. The van der Waals surface area contributed by atoms with E-state index in [4.69, 9.17) is 9.47 Å². The second-order valence-corrected chi connectivity index (χ2v) is 8.73. The van der Waals surface area contributed by atoms with Crippen molar-refractivity contribution in [2.75, 3.05) is 30.3 Å². The lowest BCUT2D eigenvalue weighted by atomic mass is 10.2. The van der Waals surface area contributed by atoms with Crippen LogP contribution in [0.15, 0.2) is 77.7 Å². The third-order valence-corrected chi connectivity index (χ3v) is 5.99. The van der Waals surface area contributed by atoms with E-state index in [0.29, 0.717) is 29.5 Å². The molecule has 178 valence electrons. The Hall–Kier alpha value is -4.05. The highest BCUT2D eigenvalue weighted by Crippen LogP contribution is 2.20. The van der Waals surface area contributed by atoms with Crippen molar-refractivity contribution in [1.29, 1.82) is 0 Å². The molecule has 3 aromatic rings. The standard InChI is InChI=1S/C24H25N3O6S/c1-3-33-21-13-7-18(8-14-21)26-23(28)16-25-24(29)17-5-4-6-22(15-17)34(30,31)27-19-9-11-20(32-2)12-10-19/h4-15,27H,3,16H2,1-2H3,(H,25,29)(H,26,28). The number of ether oxygens (including phenoxy) is 2. The smallest absolute Gasteiger partial charge is 0.261 e. The van der Waals surface area contributed by atoms with Crippen LogP contribution in [0, 0.1) is 0 Å². The van der Waals surface area contributed by atoms with Crippen molar-refractivity contribution in [3.05, 3.63) is 78.4 Å². The highest BCUT2D eigenvalue weighted by Gasteiger charge is 2.17. The number of methoxy groups -OCH3 is 1. The molecule has 0 atom stereocenters. The lowest BCUT2D eigenvalue weighted by Crippen LogP contribution is -2.33. The lowest BCUT2D eigenvalue weighted by molar-refractivity contribution is -0.115. The summed E-state index contributed by atoms with van der Waals surface area (Å²) in [6.07, 6.45) is 0. The molecule has 0 fully saturated rings. The number of rotatable bonds is 10. The fourth-order valence-electron chi connectivity index (χ4n) is 2.95. The monoisotopic (exact) mass is 483 g/mol. The summed E-state index contributed by atoms with van der Waals surface area (Å²) >= 11 is 0. The molecule has 3 N–H and O–H groups in total. The van der Waals surface area contributed by atoms with Crippen LogP contribution >= 0.6 is 0 Å². The molecule has 3 rings (SSSR count). The molecule has 0 unspecified atom stereocenters. The van der Waals surface area contributed by atoms with Crippen LogP contribution in [0.3, 0.4) is 0 Å². The molecule has 34 heavy (non-hydrogen) atoms. The van der Waals surface area contributed by atoms with Crippen molar-refractivity contribution < 1.29 is 27.5 Å². The first-order chi connectivity index (χ1) is 16.3. The molecule has 0 aliphatic carbocycles. The third kappa shape index (κ3) is 6.72. The van der Waals surface area contributed by atoms with E-state index < -0.39 is 21.8 Å². The van der Waals surface area contributed by atoms with Crippen LogP contribution in [0.25, 0.3) is 0 Å². The summed E-state index contributed by atoms with van der Waals surface area (Å²) in [6, 6.07) is 18.7. The minimum Gasteiger partial charge on any atom is -0.497 e. The fraction of sp³-hybridized carbons (Fsp3) is 0.167. The molecule has 0 heterocycles. The number of carbonyl (C=O) groups excluding carboxylic acids is 2. The van der Waals surface area contributed by atoms with E-state index >= 15 is 0 Å². The molecule has 10 heteroatoms. The number of nitrogens with one attached hydrogen (secondary N) is 3. The van der Waals surface area contributed by atoms with Crippen molar-refractivity contribution in [3.63, 3.8) is 0 Å². The van der Waals surface area contributed by atoms with Crippen molar-refractivity contribution in [2.24, 2.45) is 0 Å². The highest BCUT2D eigenvalue weighted by molar-refractivity contribution is 7.92. The van der Waals surface area contributed by atoms with E-state index in [9.17, 15) is 18.0 Å². The first-order valence-electron chi connectivity index (χ1n) is 10.4. The quantitative estimate of drug-likeness (QED) is 0.407. The predicted molar refractivity (Wildman–Crippen MR) is 129 cm³/mol. The largest absolute Gasteiger partial charge is 0.497 e. The van der Waals surface area contributed by atoms with Gasteiger partial charge in [-0.1, -0.05) is 6.07 Å². The number of hydrogen-bond donors (Lipinski definition) is 3. The van der Waals surface area contributed by atoms with Crippen LogP contribution in [0.1, 0.15) is 17.3 Å². The number of amides is 2. The Morgan fingerprint density at radius 3 is 2.18 bits per heavy atom. The van der Waals surface area contributed by atoms with Crippen molar-refractivity contribution in [2.45, 2.75) is 11.8 Å². The number of sulfonamides is 1. The van der Waals surface area contributed by atoms with Gasteiger partial charge in [0.2, 0.25) is 5.91 Å². The van der Waals surface area contributed by atoms with Crippen molar-refractivity contribution >= 4 is 33.2 Å². The van der Waals surface area contributed by atoms with E-state index in [2.05, 4.69) is 15.4 Å². The van der Waals surface area contributed by atoms with Crippen LogP contribution in [0.4, 0.5) is 11.4 Å². The second-order valence-electron chi connectivity index (χ2n) is 7.05. The topological polar surface area (TPSA) is 123 Å². The van der Waals surface area contributed by atoms with Gasteiger partial charge >= 0.3 is 0 Å². The maximum atomic E-state index is 12.7. The molecule has 0 spiro atoms. The van der Waals surface area contributed by atoms with Crippen molar-refractivity contribution in [3.8, 4) is 11.5 Å². The second kappa shape index (κ2) is 11.2. The Morgan fingerprint density at radius 2 is 1.53 bits per heavy atom. The molecule has 0 saturated heterocycles. The van der Waals surface area contributed by atoms with Gasteiger partial charge in [0.05, 0.1) is 25.2 Å². The Labute approximate surface area is 198 Å². The minimum atomic E-state index is -3.93. The van der Waals surface area contributed by atoms with Gasteiger partial charge in [-0.05, 0) is 73.7 Å². The van der Waals surface area contributed by atoms with Crippen molar-refractivity contribution in [1.82, 2.24) is 5.32 Å². The van der Waals surface area contributed by atoms with Crippen LogP contribution in [0.5, 0.6) is 11.5 Å². The van der Waals surface area contributed by atoms with E-state index in [0.717, 1.165) is 0 Å². The van der Waals surface area contributed by atoms with E-state index in [-0.39, 0.29) is 17.0 Å². The van der Waals surface area contributed by atoms with Gasteiger partial charge in [-0.3, -0.25) is 14.3 Å². The van der Waals surface area contributed by atoms with Crippen LogP contribution in [0.2, 0.25) is 0 Å². The number of hydrogen-bond acceptors (Lipinski definition) is 6. The molecule has 0 saturated carbocycles.